The van der Waals surface area contributed by atoms with Crippen LogP contribution >= 0.6 is 0 Å². The van der Waals surface area contributed by atoms with E-state index in [0.717, 1.165) is 41.8 Å². The number of rotatable bonds is 3. The second kappa shape index (κ2) is 8.87. The molecule has 0 aromatic heterocycles. The fourth-order valence-corrected chi connectivity index (χ4v) is 4.97. The zero-order valence-electron chi connectivity index (χ0n) is 19.5. The predicted octanol–water partition coefficient (Wildman–Crippen LogP) is 7.38. The average molecular weight is 478 g/mol. The predicted molar refractivity (Wildman–Crippen MR) is 130 cm³/mol. The van der Waals surface area contributed by atoms with Crippen molar-refractivity contribution in [1.82, 2.24) is 5.01 Å². The summed E-state index contributed by atoms with van der Waals surface area (Å²) in [6.07, 6.45) is -2.84. The normalized spacial score (nSPS) is 19.3. The Morgan fingerprint density at radius 2 is 1.69 bits per heavy atom. The van der Waals surface area contributed by atoms with Gasteiger partial charge in [-0.15, -0.1) is 0 Å². The van der Waals surface area contributed by atoms with Crippen LogP contribution in [0.2, 0.25) is 0 Å². The lowest BCUT2D eigenvalue weighted by molar-refractivity contribution is -0.137. The molecular weight excluding hydrogens is 451 g/mol. The standard InChI is InChI=1S/C28H26F3N3O/c1-17(2)18-9-14-22(15-10-18)32-27(35)34-26(20-7-12-21(13-8-20)28(29,30)31)24-16-11-19-5-3-4-6-23(19)25(24)33-34/h3-10,12-15,17,24,26H,11,16H2,1-2H3,(H,32,35)/t24-,26+/m1/s1. The molecule has 180 valence electrons. The van der Waals surface area contributed by atoms with Crippen molar-refractivity contribution in [1.29, 1.82) is 0 Å². The summed E-state index contributed by atoms with van der Waals surface area (Å²) in [4.78, 5) is 13.4. The summed E-state index contributed by atoms with van der Waals surface area (Å²) in [5, 5.41) is 9.06. The van der Waals surface area contributed by atoms with Gasteiger partial charge < -0.3 is 5.32 Å². The summed E-state index contributed by atoms with van der Waals surface area (Å²) in [7, 11) is 0. The highest BCUT2D eigenvalue weighted by molar-refractivity contribution is 6.07. The molecule has 35 heavy (non-hydrogen) atoms. The van der Waals surface area contributed by atoms with Crippen LogP contribution in [0.25, 0.3) is 0 Å². The molecule has 0 saturated carbocycles. The zero-order valence-corrected chi connectivity index (χ0v) is 19.5. The number of hydrogen-bond donors (Lipinski definition) is 1. The molecule has 1 N–H and O–H groups in total. The summed E-state index contributed by atoms with van der Waals surface area (Å²) in [5.74, 6) is 0.271. The van der Waals surface area contributed by atoms with Crippen molar-refractivity contribution in [2.45, 2.75) is 44.8 Å². The van der Waals surface area contributed by atoms with Crippen molar-refractivity contribution in [2.24, 2.45) is 11.0 Å². The highest BCUT2D eigenvalue weighted by Gasteiger charge is 2.44. The third kappa shape index (κ3) is 4.43. The van der Waals surface area contributed by atoms with Gasteiger partial charge in [0.2, 0.25) is 0 Å². The maximum atomic E-state index is 13.4. The van der Waals surface area contributed by atoms with Crippen LogP contribution in [0.5, 0.6) is 0 Å². The number of carbonyl (C=O) groups is 1. The molecule has 2 amide bonds. The van der Waals surface area contributed by atoms with Crippen LogP contribution in [0.3, 0.4) is 0 Å². The van der Waals surface area contributed by atoms with Gasteiger partial charge in [0, 0.05) is 17.2 Å². The lowest BCUT2D eigenvalue weighted by Crippen LogP contribution is -2.35. The van der Waals surface area contributed by atoms with Crippen molar-refractivity contribution in [3.63, 3.8) is 0 Å². The van der Waals surface area contributed by atoms with E-state index in [4.69, 9.17) is 5.10 Å². The summed E-state index contributed by atoms with van der Waals surface area (Å²) in [5.41, 5.74) is 4.69. The quantitative estimate of drug-likeness (QED) is 0.420. The van der Waals surface area contributed by atoms with Gasteiger partial charge in [-0.05, 0) is 59.7 Å². The van der Waals surface area contributed by atoms with Crippen molar-refractivity contribution >= 4 is 17.4 Å². The number of aryl methyl sites for hydroxylation is 1. The number of hydrazone groups is 1. The van der Waals surface area contributed by atoms with Gasteiger partial charge in [0.25, 0.3) is 0 Å². The molecule has 0 radical (unpaired) electrons. The fraction of sp³-hybridized carbons (Fsp3) is 0.286. The highest BCUT2D eigenvalue weighted by atomic mass is 19.4. The van der Waals surface area contributed by atoms with Crippen LogP contribution in [0, 0.1) is 5.92 Å². The van der Waals surface area contributed by atoms with E-state index in [1.807, 2.05) is 42.5 Å². The molecule has 3 aromatic rings. The molecule has 3 aromatic carbocycles. The van der Waals surface area contributed by atoms with Crippen LogP contribution in [0.1, 0.15) is 60.0 Å². The number of anilines is 1. The monoisotopic (exact) mass is 477 g/mol. The molecule has 2 atom stereocenters. The first kappa shape index (κ1) is 23.1. The molecular formula is C28H26F3N3O. The molecule has 1 heterocycles. The van der Waals surface area contributed by atoms with Gasteiger partial charge in [-0.25, -0.2) is 9.80 Å². The van der Waals surface area contributed by atoms with Crippen molar-refractivity contribution in [3.8, 4) is 0 Å². The van der Waals surface area contributed by atoms with Gasteiger partial charge in [-0.1, -0.05) is 62.4 Å². The van der Waals surface area contributed by atoms with Crippen LogP contribution in [-0.4, -0.2) is 16.8 Å². The smallest absolute Gasteiger partial charge is 0.306 e. The number of urea groups is 1. The van der Waals surface area contributed by atoms with Crippen LogP contribution in [0.15, 0.2) is 77.9 Å². The first-order valence-corrected chi connectivity index (χ1v) is 11.8. The second-order valence-electron chi connectivity index (χ2n) is 9.40. The Hall–Kier alpha value is -3.61. The van der Waals surface area contributed by atoms with Crippen molar-refractivity contribution in [2.75, 3.05) is 5.32 Å². The number of nitrogens with one attached hydrogen (secondary N) is 1. The summed E-state index contributed by atoms with van der Waals surface area (Å²) >= 11 is 0. The van der Waals surface area contributed by atoms with Gasteiger partial charge >= 0.3 is 12.2 Å². The maximum absolute atomic E-state index is 13.4. The van der Waals surface area contributed by atoms with Gasteiger partial charge in [-0.3, -0.25) is 0 Å². The molecule has 0 spiro atoms. The zero-order chi connectivity index (χ0) is 24.7. The molecule has 4 nitrogen and oxygen atoms in total. The Balaban J connectivity index is 1.49. The Bertz CT molecular complexity index is 1260. The van der Waals surface area contributed by atoms with E-state index in [2.05, 4.69) is 25.2 Å². The third-order valence-corrected chi connectivity index (χ3v) is 6.85. The molecule has 0 fully saturated rings. The van der Waals surface area contributed by atoms with Crippen LogP contribution < -0.4 is 5.32 Å². The maximum Gasteiger partial charge on any atom is 0.416 e. The van der Waals surface area contributed by atoms with Crippen molar-refractivity contribution in [3.05, 3.63) is 101 Å². The van der Waals surface area contributed by atoms with E-state index >= 15 is 0 Å². The van der Waals surface area contributed by atoms with E-state index in [-0.39, 0.29) is 5.92 Å². The molecule has 7 heteroatoms. The van der Waals surface area contributed by atoms with Crippen molar-refractivity contribution < 1.29 is 18.0 Å². The summed E-state index contributed by atoms with van der Waals surface area (Å²) in [6, 6.07) is 19.8. The Morgan fingerprint density at radius 1 is 1.00 bits per heavy atom. The number of benzene rings is 3. The molecule has 2 aliphatic rings. The van der Waals surface area contributed by atoms with Gasteiger partial charge in [0.15, 0.2) is 0 Å². The summed E-state index contributed by atoms with van der Waals surface area (Å²) < 4.78 is 39.5. The topological polar surface area (TPSA) is 44.7 Å². The van der Waals surface area contributed by atoms with E-state index in [9.17, 15) is 18.0 Å². The van der Waals surface area contributed by atoms with E-state index in [0.29, 0.717) is 17.2 Å². The van der Waals surface area contributed by atoms with E-state index < -0.39 is 23.8 Å². The first-order chi connectivity index (χ1) is 16.7. The van der Waals surface area contributed by atoms with Crippen LogP contribution in [-0.2, 0) is 12.6 Å². The fourth-order valence-electron chi connectivity index (χ4n) is 4.97. The average Bonchev–Trinajstić information content (AvgIpc) is 3.24. The number of hydrogen-bond acceptors (Lipinski definition) is 2. The Morgan fingerprint density at radius 3 is 2.34 bits per heavy atom. The van der Waals surface area contributed by atoms with Gasteiger partial charge in [0.1, 0.15) is 0 Å². The highest BCUT2D eigenvalue weighted by Crippen LogP contribution is 2.44. The molecule has 0 bridgehead atoms. The minimum Gasteiger partial charge on any atom is -0.306 e. The molecule has 5 rings (SSSR count). The Labute approximate surface area is 202 Å². The number of nitrogens with zero attached hydrogens (tertiary/aromatic N) is 2. The second-order valence-corrected chi connectivity index (χ2v) is 9.40. The SMILES string of the molecule is CC(C)c1ccc(NC(=O)N2N=C3c4ccccc4CC[C@H]3[C@@H]2c2ccc(C(F)(F)F)cc2)cc1. The van der Waals surface area contributed by atoms with Gasteiger partial charge in [-0.2, -0.15) is 18.3 Å². The number of amides is 2. The molecule has 0 saturated heterocycles. The number of carbonyl (C=O) groups excluding carboxylic acids is 1. The van der Waals surface area contributed by atoms with E-state index in [1.54, 1.807) is 0 Å². The lowest BCUT2D eigenvalue weighted by atomic mass is 9.77. The molecule has 1 aliphatic carbocycles. The first-order valence-electron chi connectivity index (χ1n) is 11.8. The van der Waals surface area contributed by atoms with Gasteiger partial charge in [0.05, 0.1) is 17.3 Å². The minimum absolute atomic E-state index is 0.101. The number of fused-ring (bicyclic) bond motifs is 3. The molecule has 0 unspecified atom stereocenters. The number of halogens is 3. The Kier molecular flexibility index (Phi) is 5.87. The van der Waals surface area contributed by atoms with Crippen LogP contribution in [0.4, 0.5) is 23.7 Å². The summed E-state index contributed by atoms with van der Waals surface area (Å²) in [6.45, 7) is 4.20. The largest absolute Gasteiger partial charge is 0.416 e. The lowest BCUT2D eigenvalue weighted by Gasteiger charge is -2.29. The minimum atomic E-state index is -4.42. The number of alkyl halides is 3. The van der Waals surface area contributed by atoms with E-state index in [1.165, 1.54) is 22.7 Å². The molecule has 1 aliphatic heterocycles. The third-order valence-electron chi connectivity index (χ3n) is 6.85.